The van der Waals surface area contributed by atoms with Gasteiger partial charge in [-0.1, -0.05) is 0 Å². The molecule has 1 aromatic heterocycles. The fraction of sp³-hybridized carbons (Fsp3) is 0.375. The van der Waals surface area contributed by atoms with Crippen LogP contribution in [0.1, 0.15) is 17.3 Å². The first-order valence-corrected chi connectivity index (χ1v) is 3.94. The summed E-state index contributed by atoms with van der Waals surface area (Å²) in [6, 6.07) is 1.94. The minimum Gasteiger partial charge on any atom is -0.326 e. The molecule has 1 heterocycles. The Bertz CT molecular complexity index is 311. The molecule has 0 aliphatic carbocycles. The molecule has 0 unspecified atom stereocenters. The first kappa shape index (κ1) is 9.26. The lowest BCUT2D eigenvalue weighted by atomic mass is 10.3. The number of H-pyrrole nitrogens is 1. The Morgan fingerprint density at radius 3 is 3.08 bits per heavy atom. The maximum atomic E-state index is 11.5. The molecule has 0 bridgehead atoms. The van der Waals surface area contributed by atoms with Gasteiger partial charge in [0.05, 0.1) is 17.8 Å². The van der Waals surface area contributed by atoms with Gasteiger partial charge in [0, 0.05) is 12.7 Å². The standard InChI is InChI=1S/C8H10N4O/c1-2-12(4-3-9)8(13)7-5-10-11-6-7/h5-6H,2,4H2,1H3,(H,10,11). The minimum atomic E-state index is -0.169. The zero-order chi connectivity index (χ0) is 9.68. The SMILES string of the molecule is CCN(CC#N)C(=O)c1cn[nH]c1. The van der Waals surface area contributed by atoms with Crippen molar-refractivity contribution >= 4 is 5.91 Å². The number of carbonyl (C=O) groups is 1. The highest BCUT2D eigenvalue weighted by Crippen LogP contribution is 2.00. The Morgan fingerprint density at radius 1 is 1.85 bits per heavy atom. The molecule has 0 saturated heterocycles. The quantitative estimate of drug-likeness (QED) is 0.680. The number of hydrogen-bond donors (Lipinski definition) is 1. The van der Waals surface area contributed by atoms with Gasteiger partial charge < -0.3 is 4.90 Å². The average molecular weight is 178 g/mol. The van der Waals surface area contributed by atoms with Crippen molar-refractivity contribution < 1.29 is 4.79 Å². The van der Waals surface area contributed by atoms with Crippen molar-refractivity contribution in [3.8, 4) is 6.07 Å². The number of carbonyl (C=O) groups excluding carboxylic acids is 1. The number of nitrogens with one attached hydrogen (secondary N) is 1. The van der Waals surface area contributed by atoms with E-state index in [0.29, 0.717) is 12.1 Å². The van der Waals surface area contributed by atoms with Crippen LogP contribution in [0.5, 0.6) is 0 Å². The molecule has 68 valence electrons. The van der Waals surface area contributed by atoms with Gasteiger partial charge in [0.15, 0.2) is 0 Å². The zero-order valence-electron chi connectivity index (χ0n) is 7.32. The normalized spacial score (nSPS) is 9.23. The van der Waals surface area contributed by atoms with Gasteiger partial charge in [0.1, 0.15) is 6.54 Å². The minimum absolute atomic E-state index is 0.112. The molecule has 0 aliphatic rings. The van der Waals surface area contributed by atoms with Gasteiger partial charge >= 0.3 is 0 Å². The number of nitrogens with zero attached hydrogens (tertiary/aromatic N) is 3. The molecule has 0 fully saturated rings. The first-order chi connectivity index (χ1) is 6.29. The highest BCUT2D eigenvalue weighted by Gasteiger charge is 2.13. The van der Waals surface area contributed by atoms with Gasteiger partial charge in [0.25, 0.3) is 5.91 Å². The molecule has 1 rings (SSSR count). The molecule has 1 N–H and O–H groups in total. The van der Waals surface area contributed by atoms with E-state index in [9.17, 15) is 4.79 Å². The second kappa shape index (κ2) is 4.26. The zero-order valence-corrected chi connectivity index (χ0v) is 7.32. The smallest absolute Gasteiger partial charge is 0.257 e. The molecule has 0 spiro atoms. The highest BCUT2D eigenvalue weighted by molar-refractivity contribution is 5.93. The van der Waals surface area contributed by atoms with Gasteiger partial charge in [-0.3, -0.25) is 9.89 Å². The fourth-order valence-corrected chi connectivity index (χ4v) is 0.963. The van der Waals surface area contributed by atoms with Gasteiger partial charge in [-0.2, -0.15) is 10.4 Å². The molecule has 1 aromatic rings. The summed E-state index contributed by atoms with van der Waals surface area (Å²) in [7, 11) is 0. The van der Waals surface area contributed by atoms with E-state index in [1.807, 2.05) is 13.0 Å². The van der Waals surface area contributed by atoms with Gasteiger partial charge in [-0.15, -0.1) is 0 Å². The second-order valence-corrected chi connectivity index (χ2v) is 2.46. The van der Waals surface area contributed by atoms with Gasteiger partial charge in [0.2, 0.25) is 0 Å². The van der Waals surface area contributed by atoms with E-state index in [1.165, 1.54) is 17.3 Å². The van der Waals surface area contributed by atoms with Crippen LogP contribution in [0.2, 0.25) is 0 Å². The lowest BCUT2D eigenvalue weighted by molar-refractivity contribution is 0.0784. The Morgan fingerprint density at radius 2 is 2.62 bits per heavy atom. The van der Waals surface area contributed by atoms with Crippen LogP contribution < -0.4 is 0 Å². The molecule has 5 heteroatoms. The van der Waals surface area contributed by atoms with Crippen molar-refractivity contribution in [1.29, 1.82) is 5.26 Å². The van der Waals surface area contributed by atoms with Crippen LogP contribution in [0.4, 0.5) is 0 Å². The molecule has 0 radical (unpaired) electrons. The van der Waals surface area contributed by atoms with E-state index in [4.69, 9.17) is 5.26 Å². The van der Waals surface area contributed by atoms with Crippen molar-refractivity contribution in [2.45, 2.75) is 6.92 Å². The van der Waals surface area contributed by atoms with E-state index in [1.54, 1.807) is 0 Å². The van der Waals surface area contributed by atoms with E-state index >= 15 is 0 Å². The molecule has 5 nitrogen and oxygen atoms in total. The van der Waals surface area contributed by atoms with Crippen LogP contribution in [-0.4, -0.2) is 34.1 Å². The summed E-state index contributed by atoms with van der Waals surface area (Å²) in [6.07, 6.45) is 2.96. The Labute approximate surface area is 76.0 Å². The molecular formula is C8H10N4O. The number of nitriles is 1. The molecule has 0 aliphatic heterocycles. The Balaban J connectivity index is 2.72. The lowest BCUT2D eigenvalue weighted by Crippen LogP contribution is -2.30. The number of aromatic amines is 1. The van der Waals surface area contributed by atoms with E-state index < -0.39 is 0 Å². The van der Waals surface area contributed by atoms with Crippen LogP contribution in [0.15, 0.2) is 12.4 Å². The van der Waals surface area contributed by atoms with E-state index in [0.717, 1.165) is 0 Å². The fourth-order valence-electron chi connectivity index (χ4n) is 0.963. The van der Waals surface area contributed by atoms with Crippen molar-refractivity contribution in [3.63, 3.8) is 0 Å². The third-order valence-corrected chi connectivity index (χ3v) is 1.68. The molecule has 0 aromatic carbocycles. The predicted octanol–water partition coefficient (Wildman–Crippen LogP) is 0.395. The lowest BCUT2D eigenvalue weighted by Gasteiger charge is -2.15. The summed E-state index contributed by atoms with van der Waals surface area (Å²) in [4.78, 5) is 13.0. The molecule has 0 atom stereocenters. The summed E-state index contributed by atoms with van der Waals surface area (Å²) in [5, 5.41) is 14.7. The average Bonchev–Trinajstić information content (AvgIpc) is 2.65. The summed E-state index contributed by atoms with van der Waals surface area (Å²) >= 11 is 0. The first-order valence-electron chi connectivity index (χ1n) is 3.94. The van der Waals surface area contributed by atoms with E-state index in [-0.39, 0.29) is 12.5 Å². The predicted molar refractivity (Wildman–Crippen MR) is 45.8 cm³/mol. The number of aromatic nitrogens is 2. The van der Waals surface area contributed by atoms with Crippen molar-refractivity contribution in [1.82, 2.24) is 15.1 Å². The summed E-state index contributed by atoms with van der Waals surface area (Å²) in [5.41, 5.74) is 0.483. The third kappa shape index (κ3) is 2.06. The van der Waals surface area contributed by atoms with Crippen LogP contribution in [0, 0.1) is 11.3 Å². The van der Waals surface area contributed by atoms with Gasteiger partial charge in [-0.25, -0.2) is 0 Å². The molecule has 1 amide bonds. The van der Waals surface area contributed by atoms with Crippen LogP contribution in [-0.2, 0) is 0 Å². The highest BCUT2D eigenvalue weighted by atomic mass is 16.2. The summed E-state index contributed by atoms with van der Waals surface area (Å²) in [6.45, 7) is 2.47. The third-order valence-electron chi connectivity index (χ3n) is 1.68. The topological polar surface area (TPSA) is 72.8 Å². The van der Waals surface area contributed by atoms with Crippen LogP contribution >= 0.6 is 0 Å². The molecule has 13 heavy (non-hydrogen) atoms. The molecular weight excluding hydrogens is 168 g/mol. The Hall–Kier alpha value is -1.83. The van der Waals surface area contributed by atoms with Crippen LogP contribution in [0.25, 0.3) is 0 Å². The summed E-state index contributed by atoms with van der Waals surface area (Å²) in [5.74, 6) is -0.169. The molecule has 0 saturated carbocycles. The van der Waals surface area contributed by atoms with Crippen molar-refractivity contribution in [2.24, 2.45) is 0 Å². The number of rotatable bonds is 3. The van der Waals surface area contributed by atoms with Crippen molar-refractivity contribution in [2.75, 3.05) is 13.1 Å². The largest absolute Gasteiger partial charge is 0.326 e. The maximum absolute atomic E-state index is 11.5. The number of hydrogen-bond acceptors (Lipinski definition) is 3. The second-order valence-electron chi connectivity index (χ2n) is 2.46. The van der Waals surface area contributed by atoms with Gasteiger partial charge in [-0.05, 0) is 6.92 Å². The monoisotopic (exact) mass is 178 g/mol. The maximum Gasteiger partial charge on any atom is 0.257 e. The van der Waals surface area contributed by atoms with E-state index in [2.05, 4.69) is 10.2 Å². The number of amides is 1. The Kier molecular flexibility index (Phi) is 3.03. The van der Waals surface area contributed by atoms with Crippen LogP contribution in [0.3, 0.4) is 0 Å². The summed E-state index contributed by atoms with van der Waals surface area (Å²) < 4.78 is 0. The van der Waals surface area contributed by atoms with Crippen molar-refractivity contribution in [3.05, 3.63) is 18.0 Å².